The number of hydrogen-bond donors (Lipinski definition) is 1. The van der Waals surface area contributed by atoms with Gasteiger partial charge in [0.05, 0.1) is 18.7 Å². The summed E-state index contributed by atoms with van der Waals surface area (Å²) in [5.41, 5.74) is 2.84. The molecule has 0 saturated carbocycles. The molecule has 0 bridgehead atoms. The Morgan fingerprint density at radius 1 is 1.04 bits per heavy atom. The molecule has 5 heteroatoms. The second kappa shape index (κ2) is 6.76. The molecule has 1 aliphatic rings. The summed E-state index contributed by atoms with van der Waals surface area (Å²) >= 11 is 0. The molecule has 0 aliphatic carbocycles. The minimum atomic E-state index is -1.06. The van der Waals surface area contributed by atoms with E-state index in [9.17, 15) is 9.59 Å². The summed E-state index contributed by atoms with van der Waals surface area (Å²) in [7, 11) is 0. The van der Waals surface area contributed by atoms with E-state index in [1.807, 2.05) is 48.5 Å². The molecule has 1 amide bonds. The smallest absolute Gasteiger partial charge is 0.307 e. The number of aryl methyl sites for hydroxylation is 1. The van der Waals surface area contributed by atoms with Crippen molar-refractivity contribution in [3.05, 3.63) is 71.8 Å². The molecule has 3 aromatic rings. The number of fused-ring (bicyclic) bond motifs is 2. The molecule has 1 heterocycles. The van der Waals surface area contributed by atoms with Crippen molar-refractivity contribution in [3.8, 4) is 5.75 Å². The Bertz CT molecular complexity index is 1040. The molecule has 1 N–H and O–H groups in total. The molecule has 1 aliphatic heterocycles. The van der Waals surface area contributed by atoms with Crippen LogP contribution < -0.4 is 9.64 Å². The van der Waals surface area contributed by atoms with Gasteiger partial charge in [0.25, 0.3) is 5.91 Å². The van der Waals surface area contributed by atoms with Gasteiger partial charge in [0.2, 0.25) is 0 Å². The zero-order valence-electron chi connectivity index (χ0n) is 14.9. The number of carbonyl (C=O) groups excluding carboxylic acids is 1. The summed E-state index contributed by atoms with van der Waals surface area (Å²) in [4.78, 5) is 25.7. The minimum absolute atomic E-state index is 0.333. The molecule has 136 valence electrons. The maximum atomic E-state index is 13.0. The molecule has 0 aromatic heterocycles. The summed E-state index contributed by atoms with van der Waals surface area (Å²) in [6.45, 7) is 2.42. The van der Waals surface area contributed by atoms with Gasteiger partial charge in [-0.2, -0.15) is 0 Å². The van der Waals surface area contributed by atoms with Crippen LogP contribution in [0.2, 0.25) is 0 Å². The first-order valence-corrected chi connectivity index (χ1v) is 8.80. The number of aliphatic carboxylic acids is 1. The van der Waals surface area contributed by atoms with Crippen LogP contribution in [0.4, 0.5) is 5.69 Å². The van der Waals surface area contributed by atoms with Crippen molar-refractivity contribution < 1.29 is 19.4 Å². The highest BCUT2D eigenvalue weighted by Gasteiger charge is 2.35. The molecular formula is C22H19NO4. The van der Waals surface area contributed by atoms with Gasteiger partial charge in [0, 0.05) is 0 Å². The van der Waals surface area contributed by atoms with E-state index in [1.165, 1.54) is 5.56 Å². The second-order valence-electron chi connectivity index (χ2n) is 6.68. The molecule has 0 spiro atoms. The van der Waals surface area contributed by atoms with E-state index in [0.29, 0.717) is 18.0 Å². The third-order valence-electron chi connectivity index (χ3n) is 4.89. The Morgan fingerprint density at radius 2 is 1.74 bits per heavy atom. The number of benzene rings is 3. The van der Waals surface area contributed by atoms with Gasteiger partial charge in [0.1, 0.15) is 5.75 Å². The summed E-state index contributed by atoms with van der Waals surface area (Å²) < 4.78 is 5.66. The SMILES string of the molecule is Cc1ccc(CN2C(=O)C(CC(=O)O)Oc3ccccc32)c2ccccc12. The molecule has 4 rings (SSSR count). The normalized spacial score (nSPS) is 16.1. The number of rotatable bonds is 4. The molecule has 3 aromatic carbocycles. The lowest BCUT2D eigenvalue weighted by Crippen LogP contribution is -2.46. The fourth-order valence-corrected chi connectivity index (χ4v) is 3.55. The molecule has 27 heavy (non-hydrogen) atoms. The highest BCUT2D eigenvalue weighted by Crippen LogP contribution is 2.36. The average Bonchev–Trinajstić information content (AvgIpc) is 2.66. The van der Waals surface area contributed by atoms with Gasteiger partial charge < -0.3 is 14.7 Å². The third-order valence-corrected chi connectivity index (χ3v) is 4.89. The second-order valence-corrected chi connectivity index (χ2v) is 6.68. The number of anilines is 1. The molecule has 0 fully saturated rings. The highest BCUT2D eigenvalue weighted by molar-refractivity contribution is 6.02. The topological polar surface area (TPSA) is 66.8 Å². The van der Waals surface area contributed by atoms with E-state index in [1.54, 1.807) is 11.0 Å². The Balaban J connectivity index is 1.77. The number of carbonyl (C=O) groups is 2. The number of carboxylic acid groups (broad SMARTS) is 1. The van der Waals surface area contributed by atoms with Crippen LogP contribution in [0.3, 0.4) is 0 Å². The van der Waals surface area contributed by atoms with E-state index >= 15 is 0 Å². The summed E-state index contributed by atoms with van der Waals surface area (Å²) in [5, 5.41) is 11.4. The predicted octanol–water partition coefficient (Wildman–Crippen LogP) is 3.92. The van der Waals surface area contributed by atoms with Gasteiger partial charge in [0.15, 0.2) is 6.10 Å². The number of amides is 1. The van der Waals surface area contributed by atoms with Crippen molar-refractivity contribution in [1.82, 2.24) is 0 Å². The van der Waals surface area contributed by atoms with E-state index in [-0.39, 0.29) is 12.3 Å². The van der Waals surface area contributed by atoms with Gasteiger partial charge in [-0.25, -0.2) is 0 Å². The van der Waals surface area contributed by atoms with Crippen LogP contribution in [-0.4, -0.2) is 23.1 Å². The van der Waals surface area contributed by atoms with Crippen molar-refractivity contribution >= 4 is 28.3 Å². The fourth-order valence-electron chi connectivity index (χ4n) is 3.55. The zero-order valence-corrected chi connectivity index (χ0v) is 14.9. The zero-order chi connectivity index (χ0) is 19.0. The van der Waals surface area contributed by atoms with Crippen LogP contribution in [-0.2, 0) is 16.1 Å². The third kappa shape index (κ3) is 3.12. The van der Waals surface area contributed by atoms with Crippen molar-refractivity contribution in [2.75, 3.05) is 4.90 Å². The quantitative estimate of drug-likeness (QED) is 0.765. The largest absolute Gasteiger partial charge is 0.481 e. The Hall–Kier alpha value is -3.34. The molecule has 1 atom stereocenters. The maximum absolute atomic E-state index is 13.0. The van der Waals surface area contributed by atoms with Crippen molar-refractivity contribution in [3.63, 3.8) is 0 Å². The Morgan fingerprint density at radius 3 is 2.52 bits per heavy atom. The van der Waals surface area contributed by atoms with E-state index < -0.39 is 12.1 Å². The van der Waals surface area contributed by atoms with Crippen molar-refractivity contribution in [2.24, 2.45) is 0 Å². The van der Waals surface area contributed by atoms with Crippen molar-refractivity contribution in [2.45, 2.75) is 26.0 Å². The molecule has 1 unspecified atom stereocenters. The van der Waals surface area contributed by atoms with Crippen LogP contribution in [0.25, 0.3) is 10.8 Å². The standard InChI is InChI=1S/C22H19NO4/c1-14-10-11-15(17-7-3-2-6-16(14)17)13-23-18-8-4-5-9-19(18)27-20(22(23)26)12-21(24)25/h2-11,20H,12-13H2,1H3,(H,24,25). The molecule has 0 saturated heterocycles. The Labute approximate surface area is 156 Å². The average molecular weight is 361 g/mol. The molecule has 0 radical (unpaired) electrons. The van der Waals surface area contributed by atoms with Crippen LogP contribution in [0.5, 0.6) is 5.75 Å². The van der Waals surface area contributed by atoms with E-state index in [0.717, 1.165) is 16.3 Å². The van der Waals surface area contributed by atoms with Crippen molar-refractivity contribution in [1.29, 1.82) is 0 Å². The van der Waals surface area contributed by atoms with Gasteiger partial charge >= 0.3 is 5.97 Å². The number of ether oxygens (including phenoxy) is 1. The van der Waals surface area contributed by atoms with Crippen LogP contribution in [0, 0.1) is 6.92 Å². The highest BCUT2D eigenvalue weighted by atomic mass is 16.5. The van der Waals surface area contributed by atoms with Gasteiger partial charge in [-0.15, -0.1) is 0 Å². The van der Waals surface area contributed by atoms with Gasteiger partial charge in [-0.1, -0.05) is 48.5 Å². The summed E-state index contributed by atoms with van der Waals surface area (Å²) in [6, 6.07) is 19.4. The number of hydrogen-bond acceptors (Lipinski definition) is 3. The predicted molar refractivity (Wildman–Crippen MR) is 103 cm³/mol. The lowest BCUT2D eigenvalue weighted by molar-refractivity contribution is -0.142. The number of carboxylic acids is 1. The lowest BCUT2D eigenvalue weighted by Gasteiger charge is -2.34. The van der Waals surface area contributed by atoms with Crippen LogP contribution in [0.1, 0.15) is 17.5 Å². The van der Waals surface area contributed by atoms with E-state index in [4.69, 9.17) is 9.84 Å². The van der Waals surface area contributed by atoms with Gasteiger partial charge in [-0.3, -0.25) is 9.59 Å². The Kier molecular flexibility index (Phi) is 4.28. The molecule has 5 nitrogen and oxygen atoms in total. The first-order chi connectivity index (χ1) is 13.0. The monoisotopic (exact) mass is 361 g/mol. The number of nitrogens with zero attached hydrogens (tertiary/aromatic N) is 1. The fraction of sp³-hybridized carbons (Fsp3) is 0.182. The molecular weight excluding hydrogens is 342 g/mol. The van der Waals surface area contributed by atoms with Crippen LogP contribution in [0.15, 0.2) is 60.7 Å². The summed E-state index contributed by atoms with van der Waals surface area (Å²) in [5.74, 6) is -0.867. The first-order valence-electron chi connectivity index (χ1n) is 8.80. The van der Waals surface area contributed by atoms with Crippen LogP contribution >= 0.6 is 0 Å². The van der Waals surface area contributed by atoms with Gasteiger partial charge in [-0.05, 0) is 41.0 Å². The van der Waals surface area contributed by atoms with E-state index in [2.05, 4.69) is 13.0 Å². The summed E-state index contributed by atoms with van der Waals surface area (Å²) in [6.07, 6.45) is -1.38. The first kappa shape index (κ1) is 17.1. The lowest BCUT2D eigenvalue weighted by atomic mass is 9.99. The number of para-hydroxylation sites is 2. The minimum Gasteiger partial charge on any atom is -0.481 e. The maximum Gasteiger partial charge on any atom is 0.307 e.